The summed E-state index contributed by atoms with van der Waals surface area (Å²) in [4.78, 5) is 36.3. The van der Waals surface area contributed by atoms with E-state index in [1.165, 1.54) is 18.2 Å². The van der Waals surface area contributed by atoms with Crippen molar-refractivity contribution in [2.24, 2.45) is 0 Å². The number of amides is 2. The Morgan fingerprint density at radius 3 is 2.55 bits per heavy atom. The summed E-state index contributed by atoms with van der Waals surface area (Å²) >= 11 is 0. The molecule has 0 aromatic heterocycles. The van der Waals surface area contributed by atoms with E-state index < -0.39 is 11.9 Å². The predicted octanol–water partition coefficient (Wildman–Crippen LogP) is 1.41. The summed E-state index contributed by atoms with van der Waals surface area (Å²) in [5, 5.41) is 8.91. The monoisotopic (exact) mass is 277 g/mol. The third-order valence-electron chi connectivity index (χ3n) is 3.20. The molecule has 1 aromatic carbocycles. The zero-order chi connectivity index (χ0) is 14.7. The molecule has 0 bridgehead atoms. The Morgan fingerprint density at radius 2 is 1.90 bits per heavy atom. The van der Waals surface area contributed by atoms with E-state index in [4.69, 9.17) is 9.84 Å². The van der Waals surface area contributed by atoms with E-state index in [-0.39, 0.29) is 22.6 Å². The zero-order valence-corrected chi connectivity index (χ0v) is 11.1. The molecule has 0 saturated carbocycles. The molecule has 0 atom stereocenters. The quantitative estimate of drug-likeness (QED) is 0.627. The second-order valence-corrected chi connectivity index (χ2v) is 4.53. The summed E-state index contributed by atoms with van der Waals surface area (Å²) in [6, 6.07) is 3.99. The topological polar surface area (TPSA) is 83.9 Å². The van der Waals surface area contributed by atoms with Crippen molar-refractivity contribution < 1.29 is 24.2 Å². The van der Waals surface area contributed by atoms with Gasteiger partial charge in [-0.05, 0) is 31.0 Å². The molecule has 0 radical (unpaired) electrons. The van der Waals surface area contributed by atoms with E-state index in [1.54, 1.807) is 7.11 Å². The Bertz CT molecular complexity index is 567. The van der Waals surface area contributed by atoms with Gasteiger partial charge in [0.1, 0.15) is 0 Å². The number of aromatic carboxylic acids is 1. The van der Waals surface area contributed by atoms with Gasteiger partial charge in [0.05, 0.1) is 16.7 Å². The molecule has 2 amide bonds. The van der Waals surface area contributed by atoms with Crippen LogP contribution in [0.5, 0.6) is 0 Å². The van der Waals surface area contributed by atoms with Crippen molar-refractivity contribution in [3.8, 4) is 0 Å². The Hall–Kier alpha value is -2.21. The summed E-state index contributed by atoms with van der Waals surface area (Å²) < 4.78 is 4.91. The molecule has 1 heterocycles. The molecular formula is C14H15NO5. The lowest BCUT2D eigenvalue weighted by Gasteiger charge is -2.13. The molecular weight excluding hydrogens is 262 g/mol. The number of carboxylic acid groups (broad SMARTS) is 1. The fraction of sp³-hybridized carbons (Fsp3) is 0.357. The molecule has 1 N–H and O–H groups in total. The van der Waals surface area contributed by atoms with Gasteiger partial charge >= 0.3 is 5.97 Å². The molecule has 20 heavy (non-hydrogen) atoms. The van der Waals surface area contributed by atoms with Crippen LogP contribution in [0.4, 0.5) is 0 Å². The number of methoxy groups -OCH3 is 1. The third kappa shape index (κ3) is 2.55. The molecule has 1 aromatic rings. The number of carbonyl (C=O) groups is 3. The van der Waals surface area contributed by atoms with Crippen molar-refractivity contribution in [1.29, 1.82) is 0 Å². The number of imide groups is 1. The minimum atomic E-state index is -1.12. The number of ether oxygens (including phenoxy) is 1. The van der Waals surface area contributed by atoms with E-state index in [1.807, 2.05) is 0 Å². The first-order chi connectivity index (χ1) is 9.56. The lowest BCUT2D eigenvalue weighted by Crippen LogP contribution is -2.30. The first-order valence-corrected chi connectivity index (χ1v) is 6.28. The van der Waals surface area contributed by atoms with Crippen LogP contribution in [0.1, 0.15) is 43.9 Å². The van der Waals surface area contributed by atoms with Gasteiger partial charge in [0.15, 0.2) is 0 Å². The van der Waals surface area contributed by atoms with Crippen molar-refractivity contribution in [2.75, 3.05) is 20.3 Å². The number of nitrogens with zero attached hydrogens (tertiary/aromatic N) is 1. The van der Waals surface area contributed by atoms with Crippen LogP contribution in [0.2, 0.25) is 0 Å². The highest BCUT2D eigenvalue weighted by Crippen LogP contribution is 2.24. The van der Waals surface area contributed by atoms with Crippen LogP contribution in [0.25, 0.3) is 0 Å². The van der Waals surface area contributed by atoms with Gasteiger partial charge in [0, 0.05) is 20.3 Å². The number of carboxylic acids is 1. The van der Waals surface area contributed by atoms with Gasteiger partial charge < -0.3 is 9.84 Å². The van der Waals surface area contributed by atoms with Crippen molar-refractivity contribution in [3.05, 3.63) is 34.9 Å². The van der Waals surface area contributed by atoms with Gasteiger partial charge in [-0.1, -0.05) is 0 Å². The van der Waals surface area contributed by atoms with Crippen molar-refractivity contribution in [2.45, 2.75) is 12.8 Å². The predicted molar refractivity (Wildman–Crippen MR) is 69.9 cm³/mol. The Labute approximate surface area is 115 Å². The van der Waals surface area contributed by atoms with Crippen LogP contribution in [-0.4, -0.2) is 48.1 Å². The van der Waals surface area contributed by atoms with Crippen molar-refractivity contribution in [3.63, 3.8) is 0 Å². The van der Waals surface area contributed by atoms with E-state index in [0.717, 1.165) is 11.3 Å². The van der Waals surface area contributed by atoms with Gasteiger partial charge in [-0.25, -0.2) is 4.79 Å². The number of carbonyl (C=O) groups excluding carboxylic acids is 2. The molecule has 0 spiro atoms. The molecule has 2 rings (SSSR count). The lowest BCUT2D eigenvalue weighted by atomic mass is 10.1. The van der Waals surface area contributed by atoms with E-state index >= 15 is 0 Å². The van der Waals surface area contributed by atoms with Gasteiger partial charge in [-0.3, -0.25) is 14.5 Å². The van der Waals surface area contributed by atoms with Gasteiger partial charge in [-0.2, -0.15) is 0 Å². The SMILES string of the molecule is COCCCCN1C(=O)c2ccc(C(=O)O)cc2C1=O. The molecule has 0 saturated heterocycles. The maximum absolute atomic E-state index is 12.1. The number of unbranched alkanes of at least 4 members (excludes halogenated alkanes) is 1. The minimum Gasteiger partial charge on any atom is -0.478 e. The molecule has 106 valence electrons. The second kappa shape index (κ2) is 5.83. The molecule has 1 aliphatic heterocycles. The van der Waals surface area contributed by atoms with Crippen LogP contribution < -0.4 is 0 Å². The fourth-order valence-corrected chi connectivity index (χ4v) is 2.14. The highest BCUT2D eigenvalue weighted by molar-refractivity contribution is 6.21. The van der Waals surface area contributed by atoms with Crippen LogP contribution in [-0.2, 0) is 4.74 Å². The van der Waals surface area contributed by atoms with Gasteiger partial charge in [-0.15, -0.1) is 0 Å². The average molecular weight is 277 g/mol. The highest BCUT2D eigenvalue weighted by Gasteiger charge is 2.35. The lowest BCUT2D eigenvalue weighted by molar-refractivity contribution is 0.0645. The normalized spacial score (nSPS) is 13.8. The van der Waals surface area contributed by atoms with E-state index in [2.05, 4.69) is 0 Å². The standard InChI is InChI=1S/C14H15NO5/c1-20-7-3-2-6-15-12(16)10-5-4-9(14(18)19)8-11(10)13(15)17/h4-5,8H,2-3,6-7H2,1H3,(H,18,19). The summed E-state index contributed by atoms with van der Waals surface area (Å²) in [6.07, 6.45) is 1.41. The summed E-state index contributed by atoms with van der Waals surface area (Å²) in [5.74, 6) is -1.91. The molecule has 0 fully saturated rings. The van der Waals surface area contributed by atoms with Crippen LogP contribution in [0.15, 0.2) is 18.2 Å². The maximum atomic E-state index is 12.1. The summed E-state index contributed by atoms with van der Waals surface area (Å²) in [5.41, 5.74) is 0.444. The Kier molecular flexibility index (Phi) is 4.14. The van der Waals surface area contributed by atoms with Crippen LogP contribution >= 0.6 is 0 Å². The molecule has 0 unspecified atom stereocenters. The third-order valence-corrected chi connectivity index (χ3v) is 3.20. The Balaban J connectivity index is 2.15. The van der Waals surface area contributed by atoms with Crippen molar-refractivity contribution >= 4 is 17.8 Å². The van der Waals surface area contributed by atoms with Gasteiger partial charge in [0.2, 0.25) is 0 Å². The van der Waals surface area contributed by atoms with E-state index in [0.29, 0.717) is 19.6 Å². The summed E-state index contributed by atoms with van der Waals surface area (Å²) in [7, 11) is 1.59. The number of fused-ring (bicyclic) bond motifs is 1. The van der Waals surface area contributed by atoms with Crippen LogP contribution in [0, 0.1) is 0 Å². The number of hydrogen-bond donors (Lipinski definition) is 1. The van der Waals surface area contributed by atoms with Crippen molar-refractivity contribution in [1.82, 2.24) is 4.90 Å². The van der Waals surface area contributed by atoms with Crippen LogP contribution in [0.3, 0.4) is 0 Å². The molecule has 1 aliphatic rings. The number of hydrogen-bond acceptors (Lipinski definition) is 4. The maximum Gasteiger partial charge on any atom is 0.335 e. The van der Waals surface area contributed by atoms with E-state index in [9.17, 15) is 14.4 Å². The number of rotatable bonds is 6. The Morgan fingerprint density at radius 1 is 1.20 bits per heavy atom. The van der Waals surface area contributed by atoms with Gasteiger partial charge in [0.25, 0.3) is 11.8 Å². The molecule has 6 nitrogen and oxygen atoms in total. The summed E-state index contributed by atoms with van der Waals surface area (Å²) in [6.45, 7) is 0.893. The largest absolute Gasteiger partial charge is 0.478 e. The molecule has 0 aliphatic carbocycles. The smallest absolute Gasteiger partial charge is 0.335 e. The first kappa shape index (κ1) is 14.2. The minimum absolute atomic E-state index is 0.00568. The number of benzene rings is 1. The second-order valence-electron chi connectivity index (χ2n) is 4.53. The zero-order valence-electron chi connectivity index (χ0n) is 11.1. The average Bonchev–Trinajstić information content (AvgIpc) is 2.67. The first-order valence-electron chi connectivity index (χ1n) is 6.28. The molecule has 6 heteroatoms. The fourth-order valence-electron chi connectivity index (χ4n) is 2.14. The highest BCUT2D eigenvalue weighted by atomic mass is 16.5.